The van der Waals surface area contributed by atoms with Gasteiger partial charge in [-0.2, -0.15) is 4.99 Å². The molecule has 3 saturated carbocycles. The summed E-state index contributed by atoms with van der Waals surface area (Å²) < 4.78 is 13.0. The molecule has 3 fully saturated rings. The van der Waals surface area contributed by atoms with Crippen LogP contribution in [0.25, 0.3) is 27.6 Å². The fourth-order valence-corrected chi connectivity index (χ4v) is 10.7. The standard InChI is InChI=1S/C24H22ClN3O4.C22H28N2O6.C16H16N2O3.C8H6ClNO.ClH/c1-14-2-5-17(11-20(14)25)27-24(32)26-13-15-3-4-16-8-9-28(23(31)19(16)10-15)21-7-6-18(29)12-22(21)30;1-22(2,3)30-21(28)23-13-14-5-6-15(9-10-29-4)17(11-14)20(27)24-18-8-7-16(25)12-19(18)26;17-9-10-1-2-11-5-6-18(16(21)13(11)7-10)14-4-3-12(19)8-15(14)20;1-6-2-3-7(10-5-11)4-8(6)9;/h2-5,8-11,21H,6-7,12-13H2,1H3,(H2,26,27,32);5-6,9-11,18H,7-8,12-13H2,1-4H3,(H,23,28)(H,24,27);1-2,5-7,14H,3-4,8-9,17H2;2-4H,1H3;1H/b;10-9+;;;. The Morgan fingerprint density at radius 3 is 1.69 bits per heavy atom. The number of carbonyl (C=O) groups excluding carboxylic acids is 10. The van der Waals surface area contributed by atoms with Crippen LogP contribution in [0.2, 0.25) is 10.0 Å². The summed E-state index contributed by atoms with van der Waals surface area (Å²) in [5, 5.41) is 14.6. The minimum absolute atomic E-state index is 0. The Bertz CT molecular complexity index is 4300. The maximum Gasteiger partial charge on any atom is 0.407 e. The number of amides is 4. The zero-order valence-electron chi connectivity index (χ0n) is 53.1. The van der Waals surface area contributed by atoms with Crippen molar-refractivity contribution >= 4 is 133 Å². The fourth-order valence-electron chi connectivity index (χ4n) is 10.3. The van der Waals surface area contributed by atoms with Crippen molar-refractivity contribution in [3.8, 4) is 0 Å². The number of methoxy groups -OCH3 is 1. The molecule has 2 aromatic heterocycles. The molecule has 5 aromatic carbocycles. The van der Waals surface area contributed by atoms with Crippen LogP contribution in [-0.4, -0.2) is 86.7 Å². The highest BCUT2D eigenvalue weighted by molar-refractivity contribution is 6.32. The molecule has 3 atom stereocenters. The van der Waals surface area contributed by atoms with Gasteiger partial charge in [0, 0.05) is 83.4 Å². The van der Waals surface area contributed by atoms with Gasteiger partial charge in [0.05, 0.1) is 56.4 Å². The number of ketones is 6. The average Bonchev–Trinajstić information content (AvgIpc) is 0.801. The molecule has 7 aromatic rings. The molecular weight excluding hydrogens is 1280 g/mol. The third kappa shape index (κ3) is 21.2. The second kappa shape index (κ2) is 34.5. The van der Waals surface area contributed by atoms with Crippen LogP contribution < -0.4 is 38.1 Å². The number of halogens is 3. The van der Waals surface area contributed by atoms with Crippen molar-refractivity contribution in [2.24, 2.45) is 10.7 Å². The van der Waals surface area contributed by atoms with Gasteiger partial charge < -0.3 is 45.6 Å². The minimum Gasteiger partial charge on any atom is -0.504 e. The zero-order valence-corrected chi connectivity index (χ0v) is 55.5. The molecule has 95 heavy (non-hydrogen) atoms. The Morgan fingerprint density at radius 1 is 0.653 bits per heavy atom. The number of carbonyl (C=O) groups is 9. The number of aliphatic imine (C=N–C) groups is 1. The van der Waals surface area contributed by atoms with E-state index in [1.807, 2.05) is 50.2 Å². The molecule has 3 aliphatic rings. The monoisotopic (exact) mass is 1350 g/mol. The molecule has 0 spiro atoms. The number of nitrogens with two attached hydrogens (primary N) is 1. The van der Waals surface area contributed by atoms with E-state index in [1.165, 1.54) is 28.6 Å². The van der Waals surface area contributed by atoms with Crippen LogP contribution in [0, 0.1) is 13.8 Å². The summed E-state index contributed by atoms with van der Waals surface area (Å²) in [5.74, 6) is -1.36. The van der Waals surface area contributed by atoms with Crippen molar-refractivity contribution in [3.63, 3.8) is 0 Å². The number of Topliss-reactive ketones (excluding diaryl/α,β-unsaturated/α-hetero) is 6. The molecule has 3 unspecified atom stereocenters. The summed E-state index contributed by atoms with van der Waals surface area (Å²) in [6.45, 7) is 9.82. The Balaban J connectivity index is 0.000000211. The molecule has 0 aliphatic heterocycles. The lowest BCUT2D eigenvalue weighted by Crippen LogP contribution is -2.44. The van der Waals surface area contributed by atoms with Crippen LogP contribution in [0.15, 0.2) is 136 Å². The molecule has 4 amide bonds. The van der Waals surface area contributed by atoms with Gasteiger partial charge in [-0.3, -0.25) is 43.2 Å². The number of nitrogens with zero attached hydrogens (tertiary/aromatic N) is 3. The lowest BCUT2D eigenvalue weighted by atomic mass is 9.92. The number of ether oxygens (including phenoxy) is 2. The molecule has 6 N–H and O–H groups in total. The molecule has 0 bridgehead atoms. The summed E-state index contributed by atoms with van der Waals surface area (Å²) in [4.78, 5) is 146. The maximum absolute atomic E-state index is 13.1. The molecule has 3 aliphatic carbocycles. The second-order valence-electron chi connectivity index (χ2n) is 23.5. The van der Waals surface area contributed by atoms with Gasteiger partial charge in [-0.1, -0.05) is 71.7 Å². The Morgan fingerprint density at radius 2 is 1.17 bits per heavy atom. The predicted octanol–water partition coefficient (Wildman–Crippen LogP) is 11.3. The number of alkyl carbamates (subject to hydrolysis) is 1. The third-order valence-corrected chi connectivity index (χ3v) is 16.2. The number of fused-ring (bicyclic) bond motifs is 2. The summed E-state index contributed by atoms with van der Waals surface area (Å²) >= 11 is 11.8. The number of aromatic nitrogens is 2. The van der Waals surface area contributed by atoms with Crippen molar-refractivity contribution in [1.29, 1.82) is 0 Å². The number of urea groups is 1. The number of benzene rings is 5. The lowest BCUT2D eigenvalue weighted by molar-refractivity contribution is -0.133. The average molecular weight is 1360 g/mol. The number of aryl methyl sites for hydroxylation is 2. The van der Waals surface area contributed by atoms with Crippen molar-refractivity contribution in [1.82, 2.24) is 25.1 Å². The SMILES string of the molecule is CO/C=C/c1ccc(CNC(=O)OC(C)(C)C)cc1C(=O)NC1CCC(=O)CC1=O.Cc1ccc(N=C=O)cc1Cl.Cc1ccc(NC(=O)NCc2ccc3ccn(C4CCC(=O)CC4=O)c(=O)c3c2)cc1Cl.Cl.NCc1ccc2ccn(C3CCC(=O)CC3=O)c(=O)c2c1. The van der Waals surface area contributed by atoms with E-state index in [4.69, 9.17) is 38.4 Å². The first-order chi connectivity index (χ1) is 44.7. The first-order valence-electron chi connectivity index (χ1n) is 30.1. The maximum atomic E-state index is 13.1. The minimum atomic E-state index is -0.682. The Hall–Kier alpha value is -9.70. The van der Waals surface area contributed by atoms with Crippen LogP contribution in [-0.2, 0) is 62.7 Å². The van der Waals surface area contributed by atoms with Crippen LogP contribution >= 0.6 is 35.6 Å². The summed E-state index contributed by atoms with van der Waals surface area (Å²) in [5.41, 5.74) is 10.7. The summed E-state index contributed by atoms with van der Waals surface area (Å²) in [6, 6.07) is 27.8. The highest BCUT2D eigenvalue weighted by Crippen LogP contribution is 2.27. The fraction of sp³-hybridized carbons (Fsp3) is 0.314. The largest absolute Gasteiger partial charge is 0.504 e. The Labute approximate surface area is 563 Å². The van der Waals surface area contributed by atoms with Crippen LogP contribution in [0.4, 0.5) is 21.0 Å². The van der Waals surface area contributed by atoms with Gasteiger partial charge in [-0.05, 0) is 159 Å². The highest BCUT2D eigenvalue weighted by atomic mass is 35.5. The van der Waals surface area contributed by atoms with E-state index in [1.54, 1.807) is 106 Å². The first-order valence-corrected chi connectivity index (χ1v) is 30.9. The van der Waals surface area contributed by atoms with Crippen molar-refractivity contribution in [2.75, 3.05) is 12.4 Å². The summed E-state index contributed by atoms with van der Waals surface area (Å²) in [6.07, 6.45) is 8.83. The van der Waals surface area contributed by atoms with E-state index in [-0.39, 0.29) is 97.0 Å². The van der Waals surface area contributed by atoms with E-state index in [9.17, 15) is 57.5 Å². The topological polar surface area (TPSA) is 320 Å². The van der Waals surface area contributed by atoms with Crippen molar-refractivity contribution in [2.45, 2.75) is 136 Å². The van der Waals surface area contributed by atoms with E-state index in [0.29, 0.717) is 87.5 Å². The number of nitrogens with one attached hydrogen (secondary N) is 4. The van der Waals surface area contributed by atoms with E-state index in [0.717, 1.165) is 33.0 Å². The molecule has 0 saturated heterocycles. The van der Waals surface area contributed by atoms with E-state index in [2.05, 4.69) is 26.3 Å². The molecular formula is C70H73Cl3N8O14. The molecule has 22 nitrogen and oxygen atoms in total. The van der Waals surface area contributed by atoms with Gasteiger partial charge in [0.15, 0.2) is 17.3 Å². The third-order valence-electron chi connectivity index (χ3n) is 15.4. The number of hydrogen-bond donors (Lipinski definition) is 5. The van der Waals surface area contributed by atoms with Crippen LogP contribution in [0.1, 0.15) is 134 Å². The van der Waals surface area contributed by atoms with Gasteiger partial charge in [0.1, 0.15) is 23.0 Å². The number of rotatable bonds is 13. The highest BCUT2D eigenvalue weighted by Gasteiger charge is 2.32. The molecule has 498 valence electrons. The normalized spacial score (nSPS) is 16.1. The van der Waals surface area contributed by atoms with Gasteiger partial charge >= 0.3 is 12.1 Å². The molecule has 0 radical (unpaired) electrons. The quantitative estimate of drug-likeness (QED) is 0.0310. The van der Waals surface area contributed by atoms with E-state index >= 15 is 0 Å². The Kier molecular flexibility index (Phi) is 27.0. The van der Waals surface area contributed by atoms with Crippen molar-refractivity contribution in [3.05, 3.63) is 191 Å². The first kappa shape index (κ1) is 74.3. The van der Waals surface area contributed by atoms with E-state index < -0.39 is 41.8 Å². The van der Waals surface area contributed by atoms with Crippen molar-refractivity contribution < 1.29 is 57.4 Å². The number of pyridine rings is 2. The second-order valence-corrected chi connectivity index (χ2v) is 24.4. The van der Waals surface area contributed by atoms with Gasteiger partial charge in [-0.15, -0.1) is 12.4 Å². The van der Waals surface area contributed by atoms with Gasteiger partial charge in [-0.25, -0.2) is 14.4 Å². The zero-order chi connectivity index (χ0) is 68.4. The lowest BCUT2D eigenvalue weighted by Gasteiger charge is -2.22. The van der Waals surface area contributed by atoms with Gasteiger partial charge in [0.25, 0.3) is 17.0 Å². The molecule has 10 rings (SSSR count). The smallest absolute Gasteiger partial charge is 0.407 e. The molecule has 2 heterocycles. The summed E-state index contributed by atoms with van der Waals surface area (Å²) in [7, 11) is 1.49. The van der Waals surface area contributed by atoms with Gasteiger partial charge in [0.2, 0.25) is 6.08 Å². The number of anilines is 1. The predicted molar refractivity (Wildman–Crippen MR) is 364 cm³/mol. The molecule has 25 heteroatoms. The number of isocyanates is 1. The van der Waals surface area contributed by atoms with Crippen LogP contribution in [0.3, 0.4) is 0 Å². The number of hydrogen-bond acceptors (Lipinski definition) is 16. The van der Waals surface area contributed by atoms with Crippen LogP contribution in [0.5, 0.6) is 0 Å².